The lowest BCUT2D eigenvalue weighted by atomic mass is 10.4. The second kappa shape index (κ2) is 4.54. The molecule has 0 spiro atoms. The van der Waals surface area contributed by atoms with E-state index < -0.39 is 0 Å². The van der Waals surface area contributed by atoms with Gasteiger partial charge < -0.3 is 15.0 Å². The molecule has 17 heavy (non-hydrogen) atoms. The van der Waals surface area contributed by atoms with Crippen LogP contribution in [0.2, 0.25) is 0 Å². The molecule has 0 unspecified atom stereocenters. The van der Waals surface area contributed by atoms with E-state index in [1.54, 1.807) is 13.4 Å². The lowest BCUT2D eigenvalue weighted by Gasteiger charge is -2.08. The van der Waals surface area contributed by atoms with Crippen molar-refractivity contribution >= 4 is 17.0 Å². The zero-order chi connectivity index (χ0) is 12.4. The Morgan fingerprint density at radius 1 is 1.47 bits per heavy atom. The molecule has 0 bridgehead atoms. The van der Waals surface area contributed by atoms with Crippen molar-refractivity contribution in [1.29, 1.82) is 0 Å². The van der Waals surface area contributed by atoms with E-state index in [1.165, 1.54) is 4.57 Å². The normalized spacial score (nSPS) is 11.0. The van der Waals surface area contributed by atoms with Crippen LogP contribution >= 0.6 is 0 Å². The number of aliphatic hydroxyl groups excluding tert-OH is 1. The van der Waals surface area contributed by atoms with Crippen LogP contribution in [0.1, 0.15) is 6.42 Å². The van der Waals surface area contributed by atoms with Crippen LogP contribution in [0.4, 0.5) is 5.82 Å². The molecule has 2 heterocycles. The smallest absolute Gasteiger partial charge is 0.351 e. The number of anilines is 1. The maximum atomic E-state index is 11.6. The van der Waals surface area contributed by atoms with Gasteiger partial charge in [-0.3, -0.25) is 4.57 Å². The van der Waals surface area contributed by atoms with Crippen LogP contribution in [0.15, 0.2) is 11.1 Å². The third-order valence-electron chi connectivity index (χ3n) is 2.58. The van der Waals surface area contributed by atoms with Crippen molar-refractivity contribution in [2.75, 3.05) is 18.5 Å². The molecule has 0 radical (unpaired) electrons. The number of hydrogen-bond acceptors (Lipinski definition) is 5. The summed E-state index contributed by atoms with van der Waals surface area (Å²) in [4.78, 5) is 19.7. The summed E-state index contributed by atoms with van der Waals surface area (Å²) in [5, 5.41) is 11.8. The van der Waals surface area contributed by atoms with Crippen LogP contribution in [0.25, 0.3) is 11.2 Å². The summed E-state index contributed by atoms with van der Waals surface area (Å²) in [5.41, 5.74) is 1.03. The summed E-state index contributed by atoms with van der Waals surface area (Å²) in [6, 6.07) is 0. The molecule has 0 amide bonds. The fourth-order valence-electron chi connectivity index (χ4n) is 1.66. The van der Waals surface area contributed by atoms with Crippen LogP contribution in [0.3, 0.4) is 0 Å². The number of nitrogens with one attached hydrogen (secondary N) is 1. The Bertz CT molecular complexity index is 586. The average Bonchev–Trinajstić information content (AvgIpc) is 2.68. The number of hydrogen-bond donors (Lipinski definition) is 2. The Kier molecular flexibility index (Phi) is 3.10. The highest BCUT2D eigenvalue weighted by Crippen LogP contribution is 2.16. The first-order valence-electron chi connectivity index (χ1n) is 5.38. The van der Waals surface area contributed by atoms with Gasteiger partial charge in [-0.2, -0.15) is 4.98 Å². The predicted octanol–water partition coefficient (Wildman–Crippen LogP) is -0.539. The van der Waals surface area contributed by atoms with Gasteiger partial charge in [-0.15, -0.1) is 0 Å². The molecule has 0 fully saturated rings. The Hall–Kier alpha value is -1.89. The molecule has 0 aliphatic heterocycles. The van der Waals surface area contributed by atoms with Crippen molar-refractivity contribution in [3.63, 3.8) is 0 Å². The number of aryl methyl sites for hydroxylation is 2. The van der Waals surface area contributed by atoms with Gasteiger partial charge in [0.2, 0.25) is 0 Å². The molecule has 2 N–H and O–H groups in total. The van der Waals surface area contributed by atoms with Crippen LogP contribution in [0, 0.1) is 0 Å². The Morgan fingerprint density at radius 2 is 2.24 bits per heavy atom. The standard InChI is InChI=1S/C10H15N5O2/c1-14-6-12-9-7(14)8(11-4-3-5-16)13-10(17)15(9)2/h6,16H,3-5H2,1-2H3,(H,11,13,17). The highest BCUT2D eigenvalue weighted by Gasteiger charge is 2.11. The summed E-state index contributed by atoms with van der Waals surface area (Å²) < 4.78 is 3.22. The van der Waals surface area contributed by atoms with Crippen molar-refractivity contribution < 1.29 is 5.11 Å². The average molecular weight is 237 g/mol. The molecule has 0 atom stereocenters. The molecule has 0 saturated heterocycles. The molecule has 2 rings (SSSR count). The zero-order valence-electron chi connectivity index (χ0n) is 9.84. The van der Waals surface area contributed by atoms with Crippen LogP contribution in [-0.4, -0.2) is 37.4 Å². The predicted molar refractivity (Wildman–Crippen MR) is 63.9 cm³/mol. The van der Waals surface area contributed by atoms with Gasteiger partial charge in [0.05, 0.1) is 6.33 Å². The highest BCUT2D eigenvalue weighted by atomic mass is 16.3. The minimum Gasteiger partial charge on any atom is -0.396 e. The van der Waals surface area contributed by atoms with Gasteiger partial charge in [0.25, 0.3) is 0 Å². The molecule has 0 aromatic carbocycles. The largest absolute Gasteiger partial charge is 0.396 e. The molecule has 7 heteroatoms. The van der Waals surface area contributed by atoms with Gasteiger partial charge in [-0.1, -0.05) is 0 Å². The lowest BCUT2D eigenvalue weighted by molar-refractivity contribution is 0.292. The maximum Gasteiger partial charge on any atom is 0.351 e. The molecule has 0 saturated carbocycles. The van der Waals surface area contributed by atoms with E-state index in [0.717, 1.165) is 5.52 Å². The minimum atomic E-state index is -0.345. The minimum absolute atomic E-state index is 0.104. The van der Waals surface area contributed by atoms with E-state index in [0.29, 0.717) is 24.4 Å². The summed E-state index contributed by atoms with van der Waals surface area (Å²) in [6.07, 6.45) is 2.25. The molecular formula is C10H15N5O2. The van der Waals surface area contributed by atoms with Gasteiger partial charge in [-0.25, -0.2) is 9.78 Å². The molecule has 2 aromatic heterocycles. The van der Waals surface area contributed by atoms with Gasteiger partial charge in [0.1, 0.15) is 5.52 Å². The molecule has 0 aliphatic carbocycles. The summed E-state index contributed by atoms with van der Waals surface area (Å²) in [6.45, 7) is 0.670. The third kappa shape index (κ3) is 2.01. The first kappa shape index (κ1) is 11.6. The van der Waals surface area contributed by atoms with Crippen LogP contribution in [-0.2, 0) is 14.1 Å². The molecule has 0 aliphatic rings. The number of imidazole rings is 1. The number of rotatable bonds is 4. The fourth-order valence-corrected chi connectivity index (χ4v) is 1.66. The Balaban J connectivity index is 2.50. The van der Waals surface area contributed by atoms with Crippen LogP contribution in [0.5, 0.6) is 0 Å². The topological polar surface area (TPSA) is 85.0 Å². The Morgan fingerprint density at radius 3 is 2.94 bits per heavy atom. The molecule has 7 nitrogen and oxygen atoms in total. The van der Waals surface area contributed by atoms with E-state index >= 15 is 0 Å². The van der Waals surface area contributed by atoms with Crippen molar-refractivity contribution in [1.82, 2.24) is 19.1 Å². The first-order chi connectivity index (χ1) is 8.15. The van der Waals surface area contributed by atoms with Gasteiger partial charge in [0, 0.05) is 27.2 Å². The van der Waals surface area contributed by atoms with Gasteiger partial charge in [0.15, 0.2) is 11.5 Å². The number of aromatic nitrogens is 4. The third-order valence-corrected chi connectivity index (χ3v) is 2.58. The molecule has 92 valence electrons. The van der Waals surface area contributed by atoms with E-state index in [2.05, 4.69) is 15.3 Å². The van der Waals surface area contributed by atoms with Gasteiger partial charge in [-0.05, 0) is 6.42 Å². The van der Waals surface area contributed by atoms with Crippen molar-refractivity contribution in [3.8, 4) is 0 Å². The second-order valence-corrected chi connectivity index (χ2v) is 3.83. The highest BCUT2D eigenvalue weighted by molar-refractivity contribution is 5.83. The lowest BCUT2D eigenvalue weighted by Crippen LogP contribution is -2.23. The second-order valence-electron chi connectivity index (χ2n) is 3.83. The first-order valence-corrected chi connectivity index (χ1v) is 5.38. The number of fused-ring (bicyclic) bond motifs is 1. The van der Waals surface area contributed by atoms with E-state index in [-0.39, 0.29) is 12.3 Å². The zero-order valence-corrected chi connectivity index (χ0v) is 9.84. The Labute approximate surface area is 97.7 Å². The SMILES string of the molecule is Cn1cnc2c1c(NCCCO)nc(=O)n2C. The summed E-state index contributed by atoms with van der Waals surface area (Å²) in [7, 11) is 3.49. The van der Waals surface area contributed by atoms with Crippen LogP contribution < -0.4 is 11.0 Å². The molecular weight excluding hydrogens is 222 g/mol. The van der Waals surface area contributed by atoms with E-state index in [1.807, 2.05) is 11.6 Å². The summed E-state index contributed by atoms with van der Waals surface area (Å²) in [5.74, 6) is 0.511. The van der Waals surface area contributed by atoms with Gasteiger partial charge >= 0.3 is 5.69 Å². The monoisotopic (exact) mass is 237 g/mol. The number of aliphatic hydroxyl groups is 1. The summed E-state index contributed by atoms with van der Waals surface area (Å²) >= 11 is 0. The quantitative estimate of drug-likeness (QED) is 0.698. The molecule has 2 aromatic rings. The number of nitrogens with zero attached hydrogens (tertiary/aromatic N) is 4. The maximum absolute atomic E-state index is 11.6. The fraction of sp³-hybridized carbons (Fsp3) is 0.500. The van der Waals surface area contributed by atoms with Crippen molar-refractivity contribution in [2.45, 2.75) is 6.42 Å². The van der Waals surface area contributed by atoms with E-state index in [4.69, 9.17) is 5.11 Å². The van der Waals surface area contributed by atoms with Crippen molar-refractivity contribution in [3.05, 3.63) is 16.8 Å². The van der Waals surface area contributed by atoms with Crippen molar-refractivity contribution in [2.24, 2.45) is 14.1 Å². The van der Waals surface area contributed by atoms with E-state index in [9.17, 15) is 4.79 Å².